The Morgan fingerprint density at radius 3 is 2.64 bits per heavy atom. The summed E-state index contributed by atoms with van der Waals surface area (Å²) in [4.78, 5) is 35.7. The molecule has 118 valence electrons. The first-order chi connectivity index (χ1) is 10.5. The number of amides is 4. The van der Waals surface area contributed by atoms with Crippen LogP contribution in [0.2, 0.25) is 5.02 Å². The fourth-order valence-electron chi connectivity index (χ4n) is 2.23. The van der Waals surface area contributed by atoms with Gasteiger partial charge in [0.05, 0.1) is 12.6 Å². The molecule has 2 N–H and O–H groups in total. The predicted octanol–water partition coefficient (Wildman–Crippen LogP) is 1.85. The normalized spacial score (nSPS) is 15.6. The average Bonchev–Trinajstić information content (AvgIpc) is 2.79. The number of hydrogen-bond donors (Lipinski definition) is 2. The van der Waals surface area contributed by atoms with E-state index >= 15 is 0 Å². The quantitative estimate of drug-likeness (QED) is 0.784. The fraction of sp³-hybridized carbons (Fsp3) is 0.400. The zero-order valence-electron chi connectivity index (χ0n) is 12.3. The minimum Gasteiger partial charge on any atom is -0.350 e. The van der Waals surface area contributed by atoms with Crippen molar-refractivity contribution in [3.8, 4) is 0 Å². The van der Waals surface area contributed by atoms with Gasteiger partial charge in [-0.15, -0.1) is 0 Å². The molecule has 1 atom stereocenters. The Kier molecular flexibility index (Phi) is 5.38. The number of rotatable bonds is 6. The average molecular weight is 324 g/mol. The van der Waals surface area contributed by atoms with Gasteiger partial charge < -0.3 is 10.6 Å². The maximum absolute atomic E-state index is 11.9. The molecular formula is C15H18ClN3O3. The highest BCUT2D eigenvalue weighted by atomic mass is 35.5. The van der Waals surface area contributed by atoms with Crippen molar-refractivity contribution in [3.05, 3.63) is 34.9 Å². The summed E-state index contributed by atoms with van der Waals surface area (Å²) < 4.78 is 0. The molecule has 6 nitrogen and oxygen atoms in total. The van der Waals surface area contributed by atoms with Crippen molar-refractivity contribution >= 4 is 29.4 Å². The molecule has 1 heterocycles. The first kappa shape index (κ1) is 16.3. The molecule has 0 saturated carbocycles. The number of nitrogens with zero attached hydrogens (tertiary/aromatic N) is 1. The lowest BCUT2D eigenvalue weighted by Gasteiger charge is -2.15. The third-order valence-corrected chi connectivity index (χ3v) is 3.72. The summed E-state index contributed by atoms with van der Waals surface area (Å²) >= 11 is 5.82. The van der Waals surface area contributed by atoms with E-state index < -0.39 is 0 Å². The summed E-state index contributed by atoms with van der Waals surface area (Å²) in [5, 5.41) is 5.97. The van der Waals surface area contributed by atoms with Crippen LogP contribution in [-0.2, 0) is 9.59 Å². The van der Waals surface area contributed by atoms with E-state index in [9.17, 15) is 14.4 Å². The predicted molar refractivity (Wildman–Crippen MR) is 82.4 cm³/mol. The van der Waals surface area contributed by atoms with Gasteiger partial charge in [-0.2, -0.15) is 0 Å². The molecule has 4 amide bonds. The topological polar surface area (TPSA) is 78.5 Å². The van der Waals surface area contributed by atoms with E-state index in [0.29, 0.717) is 11.4 Å². The Hall–Kier alpha value is -2.08. The second-order valence-corrected chi connectivity index (χ2v) is 5.58. The van der Waals surface area contributed by atoms with Gasteiger partial charge in [0.1, 0.15) is 0 Å². The van der Waals surface area contributed by atoms with Crippen molar-refractivity contribution in [2.45, 2.75) is 25.8 Å². The lowest BCUT2D eigenvalue weighted by molar-refractivity contribution is -0.126. The van der Waals surface area contributed by atoms with Gasteiger partial charge in [-0.25, -0.2) is 4.79 Å². The molecule has 22 heavy (non-hydrogen) atoms. The lowest BCUT2D eigenvalue weighted by Crippen LogP contribution is -2.33. The van der Waals surface area contributed by atoms with Crippen molar-refractivity contribution in [2.24, 2.45) is 0 Å². The van der Waals surface area contributed by atoms with Gasteiger partial charge >= 0.3 is 6.03 Å². The SMILES string of the molecule is CC(NC(=O)CCCN1C(=O)CNC1=O)c1ccc(Cl)cc1. The standard InChI is InChI=1S/C15H18ClN3O3/c1-10(11-4-6-12(16)7-5-11)18-13(20)3-2-8-19-14(21)9-17-15(19)22/h4-7,10H,2-3,8-9H2,1H3,(H,17,22)(H,18,20). The van der Waals surface area contributed by atoms with Crippen LogP contribution in [0.25, 0.3) is 0 Å². The molecule has 1 aliphatic rings. The molecule has 1 aliphatic heterocycles. The van der Waals surface area contributed by atoms with E-state index in [1.807, 2.05) is 19.1 Å². The second kappa shape index (κ2) is 7.26. The number of carbonyl (C=O) groups excluding carboxylic acids is 3. The van der Waals surface area contributed by atoms with Crippen LogP contribution in [0.4, 0.5) is 4.79 Å². The Labute approximate surface area is 133 Å². The van der Waals surface area contributed by atoms with E-state index in [1.165, 1.54) is 0 Å². The van der Waals surface area contributed by atoms with Gasteiger partial charge in [-0.1, -0.05) is 23.7 Å². The molecule has 0 bridgehead atoms. The fourth-order valence-corrected chi connectivity index (χ4v) is 2.35. The summed E-state index contributed by atoms with van der Waals surface area (Å²) in [6.45, 7) is 2.19. The zero-order valence-corrected chi connectivity index (χ0v) is 13.0. The van der Waals surface area contributed by atoms with Crippen molar-refractivity contribution in [1.29, 1.82) is 0 Å². The molecular weight excluding hydrogens is 306 g/mol. The molecule has 1 saturated heterocycles. The molecule has 1 aromatic rings. The number of urea groups is 1. The van der Waals surface area contributed by atoms with Crippen molar-refractivity contribution in [2.75, 3.05) is 13.1 Å². The highest BCUT2D eigenvalue weighted by Crippen LogP contribution is 2.16. The van der Waals surface area contributed by atoms with Crippen LogP contribution in [0.15, 0.2) is 24.3 Å². The molecule has 0 aliphatic carbocycles. The van der Waals surface area contributed by atoms with E-state index in [1.54, 1.807) is 12.1 Å². The van der Waals surface area contributed by atoms with Crippen LogP contribution in [0.1, 0.15) is 31.4 Å². The van der Waals surface area contributed by atoms with Gasteiger partial charge in [0.25, 0.3) is 0 Å². The number of carbonyl (C=O) groups is 3. The van der Waals surface area contributed by atoms with E-state index in [4.69, 9.17) is 11.6 Å². The van der Waals surface area contributed by atoms with Crippen LogP contribution < -0.4 is 10.6 Å². The minimum atomic E-state index is -0.389. The zero-order chi connectivity index (χ0) is 16.1. The van der Waals surface area contributed by atoms with Gasteiger partial charge in [-0.3, -0.25) is 14.5 Å². The Bertz CT molecular complexity index is 558. The van der Waals surface area contributed by atoms with Crippen LogP contribution in [0.5, 0.6) is 0 Å². The number of hydrogen-bond acceptors (Lipinski definition) is 3. The number of nitrogens with one attached hydrogen (secondary N) is 2. The summed E-state index contributed by atoms with van der Waals surface area (Å²) in [5.74, 6) is -0.366. The molecule has 0 aromatic heterocycles. The molecule has 2 rings (SSSR count). The van der Waals surface area contributed by atoms with Crippen LogP contribution in [-0.4, -0.2) is 35.8 Å². The maximum atomic E-state index is 11.9. The summed E-state index contributed by atoms with van der Waals surface area (Å²) in [6.07, 6.45) is 0.702. The largest absolute Gasteiger partial charge is 0.350 e. The molecule has 0 spiro atoms. The van der Waals surface area contributed by atoms with E-state index in [2.05, 4.69) is 10.6 Å². The molecule has 1 unspecified atom stereocenters. The van der Waals surface area contributed by atoms with Crippen molar-refractivity contribution in [1.82, 2.24) is 15.5 Å². The Morgan fingerprint density at radius 2 is 2.05 bits per heavy atom. The van der Waals surface area contributed by atoms with Crippen LogP contribution in [0, 0.1) is 0 Å². The number of halogens is 1. The Morgan fingerprint density at radius 1 is 1.36 bits per heavy atom. The highest BCUT2D eigenvalue weighted by Gasteiger charge is 2.27. The van der Waals surface area contributed by atoms with Gasteiger partial charge in [0, 0.05) is 18.0 Å². The Balaban J connectivity index is 1.74. The summed E-state index contributed by atoms with van der Waals surface area (Å²) in [6, 6.07) is 6.76. The molecule has 0 radical (unpaired) electrons. The van der Waals surface area contributed by atoms with Gasteiger partial charge in [0.2, 0.25) is 11.8 Å². The number of imide groups is 1. The van der Waals surface area contributed by atoms with Crippen LogP contribution in [0.3, 0.4) is 0 Å². The smallest absolute Gasteiger partial charge is 0.324 e. The first-order valence-electron chi connectivity index (χ1n) is 7.10. The lowest BCUT2D eigenvalue weighted by atomic mass is 10.1. The molecule has 1 fully saturated rings. The van der Waals surface area contributed by atoms with Gasteiger partial charge in [0.15, 0.2) is 0 Å². The van der Waals surface area contributed by atoms with E-state index in [0.717, 1.165) is 10.5 Å². The maximum Gasteiger partial charge on any atom is 0.324 e. The highest BCUT2D eigenvalue weighted by molar-refractivity contribution is 6.30. The number of benzene rings is 1. The molecule has 1 aromatic carbocycles. The minimum absolute atomic E-state index is 0.0403. The van der Waals surface area contributed by atoms with Crippen molar-refractivity contribution in [3.63, 3.8) is 0 Å². The van der Waals surface area contributed by atoms with Gasteiger partial charge in [-0.05, 0) is 31.0 Å². The van der Waals surface area contributed by atoms with E-state index in [-0.39, 0.29) is 43.4 Å². The summed E-state index contributed by atoms with van der Waals surface area (Å²) in [7, 11) is 0. The van der Waals surface area contributed by atoms with Crippen LogP contribution >= 0.6 is 11.6 Å². The monoisotopic (exact) mass is 323 g/mol. The molecule has 7 heteroatoms. The summed E-state index contributed by atoms with van der Waals surface area (Å²) in [5.41, 5.74) is 0.965. The second-order valence-electron chi connectivity index (χ2n) is 5.15. The first-order valence-corrected chi connectivity index (χ1v) is 7.48. The third-order valence-electron chi connectivity index (χ3n) is 3.47. The third kappa shape index (κ3) is 4.21. The van der Waals surface area contributed by atoms with Crippen molar-refractivity contribution < 1.29 is 14.4 Å².